The van der Waals surface area contributed by atoms with Crippen molar-refractivity contribution >= 4 is 21.6 Å². The van der Waals surface area contributed by atoms with Gasteiger partial charge in [0, 0.05) is 19.0 Å². The molecule has 90 valence electrons. The Bertz CT molecular complexity index is 295. The van der Waals surface area contributed by atoms with Crippen molar-refractivity contribution in [2.45, 2.75) is 20.8 Å². The van der Waals surface area contributed by atoms with Gasteiger partial charge in [0.05, 0.1) is 5.75 Å². The maximum Gasteiger partial charge on any atom is 0.214 e. The van der Waals surface area contributed by atoms with Crippen molar-refractivity contribution in [3.8, 4) is 0 Å². The van der Waals surface area contributed by atoms with Crippen LogP contribution < -0.4 is 0 Å². The Kier molecular flexibility index (Phi) is 4.44. The fourth-order valence-electron chi connectivity index (χ4n) is 1.81. The van der Waals surface area contributed by atoms with Gasteiger partial charge in [0.25, 0.3) is 0 Å². The van der Waals surface area contributed by atoms with Crippen molar-refractivity contribution in [3.05, 3.63) is 0 Å². The number of alkyl halides is 1. The van der Waals surface area contributed by atoms with Crippen molar-refractivity contribution < 1.29 is 8.42 Å². The summed E-state index contributed by atoms with van der Waals surface area (Å²) >= 11 is 5.64. The first-order valence-electron chi connectivity index (χ1n) is 5.40. The lowest BCUT2D eigenvalue weighted by Gasteiger charge is -2.18. The zero-order chi connectivity index (χ0) is 11.6. The van der Waals surface area contributed by atoms with Gasteiger partial charge in [0.2, 0.25) is 10.0 Å². The second-order valence-electron chi connectivity index (χ2n) is 4.81. The predicted octanol–water partition coefficient (Wildman–Crippen LogP) is 1.78. The van der Waals surface area contributed by atoms with E-state index in [4.69, 9.17) is 11.6 Å². The summed E-state index contributed by atoms with van der Waals surface area (Å²) in [5, 5.41) is 0. The van der Waals surface area contributed by atoms with Crippen LogP contribution in [-0.4, -0.2) is 37.4 Å². The van der Waals surface area contributed by atoms with Crippen LogP contribution in [0.5, 0.6) is 0 Å². The van der Waals surface area contributed by atoms with E-state index in [0.29, 0.717) is 30.8 Å². The van der Waals surface area contributed by atoms with Crippen LogP contribution in [0.4, 0.5) is 0 Å². The first-order chi connectivity index (χ1) is 6.86. The summed E-state index contributed by atoms with van der Waals surface area (Å²) in [6.07, 6.45) is 0. The van der Waals surface area contributed by atoms with E-state index in [2.05, 4.69) is 13.8 Å². The third kappa shape index (κ3) is 3.33. The molecule has 1 saturated heterocycles. The summed E-state index contributed by atoms with van der Waals surface area (Å²) in [6, 6.07) is 0. The largest absolute Gasteiger partial charge is 0.214 e. The minimum Gasteiger partial charge on any atom is -0.212 e. The highest BCUT2D eigenvalue weighted by atomic mass is 35.5. The zero-order valence-electron chi connectivity index (χ0n) is 9.61. The third-order valence-electron chi connectivity index (χ3n) is 3.11. The molecular weight excluding hydrogens is 234 g/mol. The van der Waals surface area contributed by atoms with Crippen molar-refractivity contribution in [3.63, 3.8) is 0 Å². The van der Waals surface area contributed by atoms with Gasteiger partial charge in [-0.3, -0.25) is 0 Å². The fraction of sp³-hybridized carbons (Fsp3) is 1.00. The lowest BCUT2D eigenvalue weighted by atomic mass is 10.0. The Labute approximate surface area is 97.8 Å². The molecule has 0 saturated carbocycles. The molecule has 0 aromatic rings. The molecule has 1 aliphatic rings. The van der Waals surface area contributed by atoms with E-state index in [1.165, 1.54) is 0 Å². The van der Waals surface area contributed by atoms with E-state index in [1.54, 1.807) is 4.31 Å². The molecular formula is C10H20ClNO2S. The van der Waals surface area contributed by atoms with Gasteiger partial charge < -0.3 is 0 Å². The number of nitrogens with zero attached hydrogens (tertiary/aromatic N) is 1. The molecule has 0 N–H and O–H groups in total. The second kappa shape index (κ2) is 5.02. The van der Waals surface area contributed by atoms with E-state index in [0.717, 1.165) is 0 Å². The van der Waals surface area contributed by atoms with Crippen LogP contribution in [0.1, 0.15) is 20.8 Å². The maximum absolute atomic E-state index is 12.0. The Morgan fingerprint density at radius 1 is 1.33 bits per heavy atom. The lowest BCUT2D eigenvalue weighted by molar-refractivity contribution is 0.457. The average Bonchev–Trinajstić information content (AvgIpc) is 2.47. The van der Waals surface area contributed by atoms with Crippen LogP contribution in [0.3, 0.4) is 0 Å². The Morgan fingerprint density at radius 2 is 1.80 bits per heavy atom. The topological polar surface area (TPSA) is 37.4 Å². The smallest absolute Gasteiger partial charge is 0.212 e. The highest BCUT2D eigenvalue weighted by Gasteiger charge is 2.34. The van der Waals surface area contributed by atoms with Gasteiger partial charge in [-0.25, -0.2) is 12.7 Å². The maximum atomic E-state index is 12.0. The molecule has 3 unspecified atom stereocenters. The predicted molar refractivity (Wildman–Crippen MR) is 63.6 cm³/mol. The number of halogens is 1. The minimum atomic E-state index is -3.09. The van der Waals surface area contributed by atoms with Crippen LogP contribution in [0.25, 0.3) is 0 Å². The Morgan fingerprint density at radius 3 is 2.20 bits per heavy atom. The van der Waals surface area contributed by atoms with Gasteiger partial charge in [0.15, 0.2) is 0 Å². The van der Waals surface area contributed by atoms with Gasteiger partial charge in [-0.15, -0.1) is 11.6 Å². The molecule has 15 heavy (non-hydrogen) atoms. The van der Waals surface area contributed by atoms with Crippen LogP contribution in [0.2, 0.25) is 0 Å². The first kappa shape index (κ1) is 13.3. The molecule has 1 aliphatic heterocycles. The quantitative estimate of drug-likeness (QED) is 0.717. The summed E-state index contributed by atoms with van der Waals surface area (Å²) in [4.78, 5) is 0. The normalized spacial score (nSPS) is 30.7. The highest BCUT2D eigenvalue weighted by molar-refractivity contribution is 7.89. The van der Waals surface area contributed by atoms with E-state index >= 15 is 0 Å². The standard InChI is InChI=1S/C10H20ClNO2S/c1-8(4-11)7-15(13,14)12-5-9(2)10(3)6-12/h8-10H,4-7H2,1-3H3. The summed E-state index contributed by atoms with van der Waals surface area (Å²) in [5.41, 5.74) is 0. The molecule has 1 heterocycles. The molecule has 0 bridgehead atoms. The van der Waals surface area contributed by atoms with Crippen LogP contribution in [0.15, 0.2) is 0 Å². The monoisotopic (exact) mass is 253 g/mol. The molecule has 3 atom stereocenters. The number of hydrogen-bond acceptors (Lipinski definition) is 2. The molecule has 1 fully saturated rings. The molecule has 3 nitrogen and oxygen atoms in total. The number of sulfonamides is 1. The average molecular weight is 254 g/mol. The van der Waals surface area contributed by atoms with Crippen molar-refractivity contribution in [2.75, 3.05) is 24.7 Å². The number of hydrogen-bond donors (Lipinski definition) is 0. The highest BCUT2D eigenvalue weighted by Crippen LogP contribution is 2.25. The van der Waals surface area contributed by atoms with E-state index < -0.39 is 10.0 Å². The molecule has 0 radical (unpaired) electrons. The van der Waals surface area contributed by atoms with Gasteiger partial charge in [-0.2, -0.15) is 0 Å². The number of rotatable bonds is 4. The minimum absolute atomic E-state index is 0.0304. The van der Waals surface area contributed by atoms with Gasteiger partial charge in [-0.1, -0.05) is 20.8 Å². The lowest BCUT2D eigenvalue weighted by Crippen LogP contribution is -2.33. The molecule has 0 amide bonds. The molecule has 0 aliphatic carbocycles. The first-order valence-corrected chi connectivity index (χ1v) is 7.55. The Hall–Kier alpha value is 0.200. The molecule has 0 aromatic heterocycles. The van der Waals surface area contributed by atoms with Gasteiger partial charge >= 0.3 is 0 Å². The van der Waals surface area contributed by atoms with Crippen LogP contribution >= 0.6 is 11.6 Å². The van der Waals surface area contributed by atoms with Crippen LogP contribution in [-0.2, 0) is 10.0 Å². The molecule has 0 aromatic carbocycles. The summed E-state index contributed by atoms with van der Waals surface area (Å²) in [5.74, 6) is 1.54. The van der Waals surface area contributed by atoms with Crippen LogP contribution in [0, 0.1) is 17.8 Å². The summed E-state index contributed by atoms with van der Waals surface area (Å²) in [7, 11) is -3.09. The van der Waals surface area contributed by atoms with Crippen molar-refractivity contribution in [2.24, 2.45) is 17.8 Å². The zero-order valence-corrected chi connectivity index (χ0v) is 11.2. The SMILES string of the molecule is CC(CCl)CS(=O)(=O)N1CC(C)C(C)C1. The Balaban J connectivity index is 2.63. The molecule has 1 rings (SSSR count). The van der Waals surface area contributed by atoms with E-state index in [-0.39, 0.29) is 11.7 Å². The molecule has 0 spiro atoms. The van der Waals surface area contributed by atoms with Gasteiger partial charge in [0.1, 0.15) is 0 Å². The van der Waals surface area contributed by atoms with Gasteiger partial charge in [-0.05, 0) is 17.8 Å². The fourth-order valence-corrected chi connectivity index (χ4v) is 4.02. The summed E-state index contributed by atoms with van der Waals surface area (Å²) in [6.45, 7) is 7.40. The second-order valence-corrected chi connectivity index (χ2v) is 7.13. The van der Waals surface area contributed by atoms with Crippen molar-refractivity contribution in [1.29, 1.82) is 0 Å². The van der Waals surface area contributed by atoms with E-state index in [1.807, 2.05) is 6.92 Å². The molecule has 5 heteroatoms. The third-order valence-corrected chi connectivity index (χ3v) is 5.71. The van der Waals surface area contributed by atoms with Crippen molar-refractivity contribution in [1.82, 2.24) is 4.31 Å². The van der Waals surface area contributed by atoms with E-state index in [9.17, 15) is 8.42 Å². The summed E-state index contributed by atoms with van der Waals surface area (Å²) < 4.78 is 25.5.